The molecular weight excluding hydrogens is 480 g/mol. The van der Waals surface area contributed by atoms with Gasteiger partial charge < -0.3 is 14.2 Å². The molecule has 0 saturated carbocycles. The van der Waals surface area contributed by atoms with E-state index in [9.17, 15) is 0 Å². The van der Waals surface area contributed by atoms with Crippen molar-refractivity contribution in [3.05, 3.63) is 124 Å². The first-order valence-corrected chi connectivity index (χ1v) is 14.1. The molecule has 0 bridgehead atoms. The van der Waals surface area contributed by atoms with Gasteiger partial charge >= 0.3 is 0 Å². The monoisotopic (exact) mass is 522 g/mol. The molecule has 4 aromatic carbocycles. The minimum atomic E-state index is 0.395. The lowest BCUT2D eigenvalue weighted by Crippen LogP contribution is -2.06. The Balaban J connectivity index is 1.57. The summed E-state index contributed by atoms with van der Waals surface area (Å²) in [4.78, 5) is 0. The number of rotatable bonds is 12. The summed E-state index contributed by atoms with van der Waals surface area (Å²) in [7, 11) is 0. The molecular formula is C36H42O3. The summed E-state index contributed by atoms with van der Waals surface area (Å²) in [6, 6.07) is 31.4. The molecule has 0 aromatic heterocycles. The maximum atomic E-state index is 6.34. The highest BCUT2D eigenvalue weighted by Gasteiger charge is 2.12. The Morgan fingerprint density at radius 3 is 0.923 bits per heavy atom. The van der Waals surface area contributed by atoms with E-state index < -0.39 is 0 Å². The van der Waals surface area contributed by atoms with E-state index in [2.05, 4.69) is 114 Å². The Kier molecular flexibility index (Phi) is 9.70. The minimum Gasteiger partial charge on any atom is -0.489 e. The van der Waals surface area contributed by atoms with Crippen LogP contribution in [0.2, 0.25) is 0 Å². The van der Waals surface area contributed by atoms with E-state index in [4.69, 9.17) is 14.2 Å². The fourth-order valence-electron chi connectivity index (χ4n) is 4.84. The van der Waals surface area contributed by atoms with Gasteiger partial charge in [0.1, 0.15) is 37.1 Å². The summed E-state index contributed by atoms with van der Waals surface area (Å²) in [5.41, 5.74) is 6.95. The largest absolute Gasteiger partial charge is 0.489 e. The molecule has 39 heavy (non-hydrogen) atoms. The molecule has 0 heterocycles. The van der Waals surface area contributed by atoms with Crippen molar-refractivity contribution in [1.29, 1.82) is 0 Å². The fraction of sp³-hybridized carbons (Fsp3) is 0.333. The van der Waals surface area contributed by atoms with Crippen LogP contribution in [0.15, 0.2) is 91.0 Å². The van der Waals surface area contributed by atoms with Crippen LogP contribution in [0.1, 0.15) is 92.7 Å². The summed E-state index contributed by atoms with van der Waals surface area (Å²) in [5, 5.41) is 0. The molecule has 0 fully saturated rings. The molecule has 0 radical (unpaired) electrons. The Morgan fingerprint density at radius 1 is 0.410 bits per heavy atom. The lowest BCUT2D eigenvalue weighted by atomic mass is 10.0. The third-order valence-corrected chi connectivity index (χ3v) is 6.92. The second-order valence-corrected chi connectivity index (χ2v) is 11.1. The molecule has 4 rings (SSSR count). The first-order valence-electron chi connectivity index (χ1n) is 14.1. The van der Waals surface area contributed by atoms with Crippen LogP contribution in [0.3, 0.4) is 0 Å². The van der Waals surface area contributed by atoms with Gasteiger partial charge in [0.05, 0.1) is 0 Å². The van der Waals surface area contributed by atoms with Gasteiger partial charge in [-0.1, -0.05) is 96.1 Å². The highest BCUT2D eigenvalue weighted by atomic mass is 16.5. The van der Waals surface area contributed by atoms with Crippen molar-refractivity contribution < 1.29 is 14.2 Å². The van der Waals surface area contributed by atoms with Crippen molar-refractivity contribution in [3.8, 4) is 17.2 Å². The number of para-hydroxylation sites is 3. The van der Waals surface area contributed by atoms with Crippen molar-refractivity contribution in [2.24, 2.45) is 0 Å². The van der Waals surface area contributed by atoms with Gasteiger partial charge in [0.15, 0.2) is 0 Å². The number of benzene rings is 4. The summed E-state index contributed by atoms with van der Waals surface area (Å²) in [6.45, 7) is 14.6. The lowest BCUT2D eigenvalue weighted by molar-refractivity contribution is 0.289. The van der Waals surface area contributed by atoms with E-state index in [1.54, 1.807) is 0 Å². The average Bonchev–Trinajstić information content (AvgIpc) is 2.94. The smallest absolute Gasteiger partial charge is 0.123 e. The van der Waals surface area contributed by atoms with Gasteiger partial charge in [-0.15, -0.1) is 0 Å². The van der Waals surface area contributed by atoms with Gasteiger partial charge in [-0.05, 0) is 87.5 Å². The quantitative estimate of drug-likeness (QED) is 0.185. The standard InChI is InChI=1S/C36H42O3/c1-25(2)31-13-7-10-16-34(31)37-22-28-19-29(23-38-35-17-11-8-14-32(35)26(3)4)21-30(20-28)24-39-36-18-12-9-15-33(36)27(5)6/h7-21,25-27H,22-24H2,1-6H3. The van der Waals surface area contributed by atoms with E-state index in [-0.39, 0.29) is 0 Å². The SMILES string of the molecule is CC(C)c1ccccc1OCc1cc(COc2ccccc2C(C)C)cc(COc2ccccc2C(C)C)c1. The van der Waals surface area contributed by atoms with Gasteiger partial charge in [0, 0.05) is 0 Å². The third kappa shape index (κ3) is 7.66. The minimum absolute atomic E-state index is 0.395. The van der Waals surface area contributed by atoms with Crippen molar-refractivity contribution >= 4 is 0 Å². The second kappa shape index (κ2) is 13.4. The third-order valence-electron chi connectivity index (χ3n) is 6.92. The molecule has 4 aromatic rings. The normalized spacial score (nSPS) is 11.3. The zero-order valence-corrected chi connectivity index (χ0v) is 24.2. The van der Waals surface area contributed by atoms with Crippen LogP contribution in [0, 0.1) is 0 Å². The van der Waals surface area contributed by atoms with Crippen LogP contribution in [0.5, 0.6) is 17.2 Å². The zero-order valence-electron chi connectivity index (χ0n) is 24.2. The Bertz CT molecular complexity index is 1180. The van der Waals surface area contributed by atoms with Crippen molar-refractivity contribution in [3.63, 3.8) is 0 Å². The van der Waals surface area contributed by atoms with E-state index in [1.165, 1.54) is 16.7 Å². The van der Waals surface area contributed by atoms with E-state index >= 15 is 0 Å². The Labute approximate surface area is 234 Å². The van der Waals surface area contributed by atoms with E-state index in [0.29, 0.717) is 37.6 Å². The molecule has 0 saturated heterocycles. The van der Waals surface area contributed by atoms with Crippen molar-refractivity contribution in [1.82, 2.24) is 0 Å². The summed E-state index contributed by atoms with van der Waals surface area (Å²) < 4.78 is 19.0. The number of hydrogen-bond acceptors (Lipinski definition) is 3. The predicted octanol–water partition coefficient (Wildman–Crippen LogP) is 9.79. The second-order valence-electron chi connectivity index (χ2n) is 11.1. The Hall–Kier alpha value is -3.72. The van der Waals surface area contributed by atoms with Gasteiger partial charge in [-0.2, -0.15) is 0 Å². The van der Waals surface area contributed by atoms with Crippen LogP contribution < -0.4 is 14.2 Å². The molecule has 0 aliphatic heterocycles. The van der Waals surface area contributed by atoms with E-state index in [0.717, 1.165) is 33.9 Å². The summed E-state index contributed by atoms with van der Waals surface area (Å²) in [6.07, 6.45) is 0. The van der Waals surface area contributed by atoms with Crippen LogP contribution >= 0.6 is 0 Å². The molecule has 0 N–H and O–H groups in total. The maximum absolute atomic E-state index is 6.34. The van der Waals surface area contributed by atoms with Gasteiger partial charge in [-0.3, -0.25) is 0 Å². The highest BCUT2D eigenvalue weighted by molar-refractivity contribution is 5.39. The van der Waals surface area contributed by atoms with E-state index in [1.807, 2.05) is 18.2 Å². The van der Waals surface area contributed by atoms with Crippen molar-refractivity contribution in [2.45, 2.75) is 79.1 Å². The molecule has 0 aliphatic rings. The van der Waals surface area contributed by atoms with Crippen LogP contribution in [0.25, 0.3) is 0 Å². The first kappa shape index (κ1) is 28.3. The molecule has 0 unspecified atom stereocenters. The average molecular weight is 523 g/mol. The highest BCUT2D eigenvalue weighted by Crippen LogP contribution is 2.30. The number of ether oxygens (including phenoxy) is 3. The molecule has 0 amide bonds. The lowest BCUT2D eigenvalue weighted by Gasteiger charge is -2.17. The Morgan fingerprint density at radius 2 is 0.667 bits per heavy atom. The van der Waals surface area contributed by atoms with Gasteiger partial charge in [0.25, 0.3) is 0 Å². The topological polar surface area (TPSA) is 27.7 Å². The molecule has 204 valence electrons. The van der Waals surface area contributed by atoms with Gasteiger partial charge in [0.2, 0.25) is 0 Å². The summed E-state index contributed by atoms with van der Waals surface area (Å²) in [5.74, 6) is 3.99. The van der Waals surface area contributed by atoms with Crippen LogP contribution in [-0.4, -0.2) is 0 Å². The molecule has 0 aliphatic carbocycles. The fourth-order valence-corrected chi connectivity index (χ4v) is 4.84. The molecule has 0 atom stereocenters. The first-order chi connectivity index (χ1) is 18.8. The number of hydrogen-bond donors (Lipinski definition) is 0. The van der Waals surface area contributed by atoms with Gasteiger partial charge in [-0.25, -0.2) is 0 Å². The van der Waals surface area contributed by atoms with Crippen LogP contribution in [0.4, 0.5) is 0 Å². The molecule has 3 nitrogen and oxygen atoms in total. The maximum Gasteiger partial charge on any atom is 0.123 e. The van der Waals surface area contributed by atoms with Crippen molar-refractivity contribution in [2.75, 3.05) is 0 Å². The van der Waals surface area contributed by atoms with Crippen LogP contribution in [-0.2, 0) is 19.8 Å². The zero-order chi connectivity index (χ0) is 27.8. The molecule has 0 spiro atoms. The predicted molar refractivity (Wildman–Crippen MR) is 161 cm³/mol. The molecule has 3 heteroatoms. The summed E-state index contributed by atoms with van der Waals surface area (Å²) >= 11 is 0.